The summed E-state index contributed by atoms with van der Waals surface area (Å²) in [5, 5.41) is 6.33. The van der Waals surface area contributed by atoms with Crippen molar-refractivity contribution in [2.45, 2.75) is 11.7 Å². The van der Waals surface area contributed by atoms with Crippen molar-refractivity contribution >= 4 is 29.3 Å². The van der Waals surface area contributed by atoms with Crippen LogP contribution in [0.3, 0.4) is 0 Å². The highest BCUT2D eigenvalue weighted by Crippen LogP contribution is 2.16. The largest absolute Gasteiger partial charge is 0.348 e. The predicted octanol–water partition coefficient (Wildman–Crippen LogP) is 3.22. The van der Waals surface area contributed by atoms with Gasteiger partial charge in [-0.05, 0) is 42.0 Å². The van der Waals surface area contributed by atoms with Crippen molar-refractivity contribution in [2.75, 3.05) is 11.1 Å². The number of anilines is 1. The Hall–Kier alpha value is -3.13. The van der Waals surface area contributed by atoms with Crippen molar-refractivity contribution in [2.24, 2.45) is 7.05 Å². The normalized spacial score (nSPS) is 10.5. The molecule has 0 aliphatic heterocycles. The van der Waals surface area contributed by atoms with Gasteiger partial charge in [-0.3, -0.25) is 9.59 Å². The number of hydrogen-bond acceptors (Lipinski definition) is 4. The summed E-state index contributed by atoms with van der Waals surface area (Å²) in [5.74, 6) is -0.467. The van der Waals surface area contributed by atoms with E-state index >= 15 is 0 Å². The quantitative estimate of drug-likeness (QED) is 0.599. The number of benzene rings is 2. The summed E-state index contributed by atoms with van der Waals surface area (Å²) in [6.45, 7) is 0.308. The maximum atomic E-state index is 12.9. The zero-order valence-corrected chi connectivity index (χ0v) is 16.0. The first-order chi connectivity index (χ1) is 13.5. The smallest absolute Gasteiger partial charge is 0.251 e. The van der Waals surface area contributed by atoms with Crippen molar-refractivity contribution < 1.29 is 14.0 Å². The molecule has 0 atom stereocenters. The first kappa shape index (κ1) is 19.6. The van der Waals surface area contributed by atoms with Crippen LogP contribution in [-0.2, 0) is 18.4 Å². The Morgan fingerprint density at radius 3 is 2.46 bits per heavy atom. The van der Waals surface area contributed by atoms with E-state index in [0.29, 0.717) is 17.8 Å². The first-order valence-corrected chi connectivity index (χ1v) is 9.52. The molecule has 1 heterocycles. The van der Waals surface area contributed by atoms with Crippen LogP contribution in [0.15, 0.2) is 66.1 Å². The Labute approximate surface area is 166 Å². The number of aromatic nitrogens is 2. The summed E-state index contributed by atoms with van der Waals surface area (Å²) in [4.78, 5) is 28.4. The van der Waals surface area contributed by atoms with E-state index in [1.165, 1.54) is 23.9 Å². The molecule has 2 aromatic carbocycles. The highest BCUT2D eigenvalue weighted by Gasteiger charge is 2.09. The maximum absolute atomic E-state index is 12.9. The van der Waals surface area contributed by atoms with Gasteiger partial charge in [-0.25, -0.2) is 9.37 Å². The van der Waals surface area contributed by atoms with Gasteiger partial charge in [-0.15, -0.1) is 0 Å². The summed E-state index contributed by atoms with van der Waals surface area (Å²) in [7, 11) is 1.87. The minimum absolute atomic E-state index is 0.151. The molecule has 0 spiro atoms. The number of thioether (sulfide) groups is 1. The second-order valence-corrected chi connectivity index (χ2v) is 6.99. The lowest BCUT2D eigenvalue weighted by Crippen LogP contribution is -2.22. The number of nitrogens with one attached hydrogen (secondary N) is 2. The van der Waals surface area contributed by atoms with E-state index in [9.17, 15) is 14.0 Å². The number of carbonyl (C=O) groups is 2. The predicted molar refractivity (Wildman–Crippen MR) is 107 cm³/mol. The fourth-order valence-corrected chi connectivity index (χ4v) is 3.14. The molecule has 2 amide bonds. The van der Waals surface area contributed by atoms with Crippen LogP contribution in [0.1, 0.15) is 15.9 Å². The van der Waals surface area contributed by atoms with Gasteiger partial charge in [0, 0.05) is 37.2 Å². The van der Waals surface area contributed by atoms with Crippen LogP contribution < -0.4 is 10.6 Å². The first-order valence-electron chi connectivity index (χ1n) is 8.54. The molecule has 0 aliphatic carbocycles. The summed E-state index contributed by atoms with van der Waals surface area (Å²) in [6.07, 6.45) is 3.50. The second kappa shape index (κ2) is 9.18. The van der Waals surface area contributed by atoms with E-state index in [1.54, 1.807) is 42.6 Å². The number of amides is 2. The lowest BCUT2D eigenvalue weighted by atomic mass is 10.1. The van der Waals surface area contributed by atoms with E-state index in [4.69, 9.17) is 0 Å². The lowest BCUT2D eigenvalue weighted by Gasteiger charge is -2.08. The van der Waals surface area contributed by atoms with Crippen molar-refractivity contribution in [3.8, 4) is 0 Å². The third-order valence-corrected chi connectivity index (χ3v) is 4.96. The van der Waals surface area contributed by atoms with Crippen LogP contribution in [0.2, 0.25) is 0 Å². The lowest BCUT2D eigenvalue weighted by molar-refractivity contribution is -0.113. The highest BCUT2D eigenvalue weighted by atomic mass is 32.2. The standard InChI is InChI=1S/C20H19FN4O2S/c1-25-11-10-22-20(25)28-13-18(26)24-17-8-4-15(5-9-17)19(27)23-12-14-2-6-16(21)7-3-14/h2-11H,12-13H2,1H3,(H,23,27)(H,24,26). The van der Waals surface area contributed by atoms with E-state index < -0.39 is 0 Å². The summed E-state index contributed by atoms with van der Waals surface area (Å²) < 4.78 is 14.7. The third kappa shape index (κ3) is 5.43. The molecule has 0 unspecified atom stereocenters. The molecule has 0 bridgehead atoms. The molecule has 0 aliphatic rings. The van der Waals surface area contributed by atoms with Gasteiger partial charge in [0.1, 0.15) is 5.82 Å². The van der Waals surface area contributed by atoms with E-state index in [1.807, 2.05) is 17.8 Å². The van der Waals surface area contributed by atoms with Gasteiger partial charge in [0.2, 0.25) is 5.91 Å². The number of rotatable bonds is 7. The van der Waals surface area contributed by atoms with E-state index in [-0.39, 0.29) is 23.4 Å². The van der Waals surface area contributed by atoms with E-state index in [2.05, 4.69) is 15.6 Å². The molecule has 144 valence electrons. The molecule has 0 radical (unpaired) electrons. The zero-order chi connectivity index (χ0) is 19.9. The number of hydrogen-bond donors (Lipinski definition) is 2. The molecule has 3 aromatic rings. The molecule has 0 saturated heterocycles. The molecule has 0 saturated carbocycles. The van der Waals surface area contributed by atoms with Crippen molar-refractivity contribution in [3.05, 3.63) is 77.9 Å². The van der Waals surface area contributed by atoms with Crippen molar-refractivity contribution in [3.63, 3.8) is 0 Å². The Morgan fingerprint density at radius 2 is 1.82 bits per heavy atom. The van der Waals surface area contributed by atoms with Crippen LogP contribution in [0, 0.1) is 5.82 Å². The van der Waals surface area contributed by atoms with Crippen molar-refractivity contribution in [1.29, 1.82) is 0 Å². The average Bonchev–Trinajstić information content (AvgIpc) is 3.11. The van der Waals surface area contributed by atoms with Crippen LogP contribution in [0.25, 0.3) is 0 Å². The third-order valence-electron chi connectivity index (χ3n) is 3.91. The van der Waals surface area contributed by atoms with Crippen LogP contribution in [0.5, 0.6) is 0 Å². The average molecular weight is 398 g/mol. The molecular formula is C20H19FN4O2S. The SMILES string of the molecule is Cn1ccnc1SCC(=O)Nc1ccc(C(=O)NCc2ccc(F)cc2)cc1. The highest BCUT2D eigenvalue weighted by molar-refractivity contribution is 7.99. The fraction of sp³-hybridized carbons (Fsp3) is 0.150. The monoisotopic (exact) mass is 398 g/mol. The Balaban J connectivity index is 1.48. The van der Waals surface area contributed by atoms with Gasteiger partial charge in [0.25, 0.3) is 5.91 Å². The minimum Gasteiger partial charge on any atom is -0.348 e. The fourth-order valence-electron chi connectivity index (χ4n) is 2.41. The number of imidazole rings is 1. The number of carbonyl (C=O) groups excluding carboxylic acids is 2. The molecule has 0 fully saturated rings. The summed E-state index contributed by atoms with van der Waals surface area (Å²) in [5.41, 5.74) is 1.90. The summed E-state index contributed by atoms with van der Waals surface area (Å²) in [6, 6.07) is 12.6. The maximum Gasteiger partial charge on any atom is 0.251 e. The zero-order valence-electron chi connectivity index (χ0n) is 15.2. The van der Waals surface area contributed by atoms with Gasteiger partial charge in [-0.2, -0.15) is 0 Å². The molecule has 28 heavy (non-hydrogen) atoms. The van der Waals surface area contributed by atoms with E-state index in [0.717, 1.165) is 10.7 Å². The molecule has 2 N–H and O–H groups in total. The molecule has 6 nitrogen and oxygen atoms in total. The molecule has 8 heteroatoms. The van der Waals surface area contributed by atoms with Crippen LogP contribution >= 0.6 is 11.8 Å². The second-order valence-electron chi connectivity index (χ2n) is 6.04. The number of aryl methyl sites for hydroxylation is 1. The van der Waals surface area contributed by atoms with Gasteiger partial charge in [0.15, 0.2) is 5.16 Å². The molecule has 1 aromatic heterocycles. The van der Waals surface area contributed by atoms with Crippen LogP contribution in [0.4, 0.5) is 10.1 Å². The minimum atomic E-state index is -0.314. The Morgan fingerprint density at radius 1 is 1.11 bits per heavy atom. The van der Waals surface area contributed by atoms with Crippen LogP contribution in [-0.4, -0.2) is 27.1 Å². The molecular weight excluding hydrogens is 379 g/mol. The number of halogens is 1. The molecule has 3 rings (SSSR count). The topological polar surface area (TPSA) is 76.0 Å². The van der Waals surface area contributed by atoms with Crippen molar-refractivity contribution in [1.82, 2.24) is 14.9 Å². The van der Waals surface area contributed by atoms with Gasteiger partial charge < -0.3 is 15.2 Å². The van der Waals surface area contributed by atoms with Gasteiger partial charge >= 0.3 is 0 Å². The van der Waals surface area contributed by atoms with Gasteiger partial charge in [-0.1, -0.05) is 23.9 Å². The summed E-state index contributed by atoms with van der Waals surface area (Å²) >= 11 is 1.35. The number of nitrogens with zero attached hydrogens (tertiary/aromatic N) is 2. The Kier molecular flexibility index (Phi) is 6.44. The van der Waals surface area contributed by atoms with Gasteiger partial charge in [0.05, 0.1) is 5.75 Å². The Bertz CT molecular complexity index is 955.